The molecule has 0 spiro atoms. The Hall–Kier alpha value is -0.660. The summed E-state index contributed by atoms with van der Waals surface area (Å²) in [6, 6.07) is 0.544. The van der Waals surface area contributed by atoms with Crippen LogP contribution in [0.25, 0.3) is 0 Å². The van der Waals surface area contributed by atoms with E-state index < -0.39 is 21.2 Å². The molecule has 0 aromatic heterocycles. The second kappa shape index (κ2) is 5.60. The Bertz CT molecular complexity index is 337. The molecule has 2 N–H and O–H groups in total. The number of hydrogen-bond donors (Lipinski definition) is 2. The number of ether oxygens (including phenoxy) is 1. The highest BCUT2D eigenvalue weighted by molar-refractivity contribution is 7.90. The standard InChI is InChI=1S/C9H18N2O4S/c1-7(9(12)15-2)16(13,14)11-6-5-10-8-3-4-8/h7-8,10-11H,3-6H2,1-2H3. The second-order valence-electron chi connectivity index (χ2n) is 3.83. The molecule has 0 heterocycles. The van der Waals surface area contributed by atoms with Crippen molar-refractivity contribution in [1.29, 1.82) is 0 Å². The Morgan fingerprint density at radius 2 is 2.06 bits per heavy atom. The highest BCUT2D eigenvalue weighted by Crippen LogP contribution is 2.17. The van der Waals surface area contributed by atoms with Crippen molar-refractivity contribution >= 4 is 16.0 Å². The molecule has 0 aromatic carbocycles. The molecule has 1 aliphatic carbocycles. The molecule has 1 atom stereocenters. The molecular weight excluding hydrogens is 232 g/mol. The normalized spacial score (nSPS) is 18.1. The van der Waals surface area contributed by atoms with Gasteiger partial charge in [-0.2, -0.15) is 0 Å². The number of rotatable bonds is 7. The topological polar surface area (TPSA) is 84.5 Å². The average Bonchev–Trinajstić information content (AvgIpc) is 3.06. The van der Waals surface area contributed by atoms with Crippen LogP contribution in [0.4, 0.5) is 0 Å². The highest BCUT2D eigenvalue weighted by atomic mass is 32.2. The Labute approximate surface area is 95.8 Å². The summed E-state index contributed by atoms with van der Waals surface area (Å²) in [7, 11) is -2.44. The van der Waals surface area contributed by atoms with E-state index in [2.05, 4.69) is 14.8 Å². The molecule has 0 saturated heterocycles. The van der Waals surface area contributed by atoms with Crippen LogP contribution in [0.5, 0.6) is 0 Å². The first kappa shape index (κ1) is 13.4. The summed E-state index contributed by atoms with van der Waals surface area (Å²) in [6.07, 6.45) is 2.32. The zero-order chi connectivity index (χ0) is 12.2. The average molecular weight is 250 g/mol. The van der Waals surface area contributed by atoms with Gasteiger partial charge in [0, 0.05) is 19.1 Å². The quantitative estimate of drug-likeness (QED) is 0.457. The predicted molar refractivity (Wildman–Crippen MR) is 59.4 cm³/mol. The number of esters is 1. The SMILES string of the molecule is COC(=O)C(C)S(=O)(=O)NCCNC1CC1. The van der Waals surface area contributed by atoms with Gasteiger partial charge in [-0.1, -0.05) is 0 Å². The largest absolute Gasteiger partial charge is 0.468 e. The van der Waals surface area contributed by atoms with E-state index >= 15 is 0 Å². The number of nitrogens with one attached hydrogen (secondary N) is 2. The van der Waals surface area contributed by atoms with Crippen LogP contribution in [0, 0.1) is 0 Å². The summed E-state index contributed by atoms with van der Waals surface area (Å²) in [4.78, 5) is 11.1. The maximum absolute atomic E-state index is 11.6. The molecule has 1 fully saturated rings. The molecular formula is C9H18N2O4S. The number of sulfonamides is 1. The van der Waals surface area contributed by atoms with Crippen LogP contribution in [0.15, 0.2) is 0 Å². The first-order valence-corrected chi connectivity index (χ1v) is 6.81. The Morgan fingerprint density at radius 1 is 1.44 bits per heavy atom. The Morgan fingerprint density at radius 3 is 2.56 bits per heavy atom. The lowest BCUT2D eigenvalue weighted by Gasteiger charge is -2.11. The summed E-state index contributed by atoms with van der Waals surface area (Å²) >= 11 is 0. The van der Waals surface area contributed by atoms with Gasteiger partial charge in [0.05, 0.1) is 7.11 Å². The molecule has 7 heteroatoms. The molecule has 16 heavy (non-hydrogen) atoms. The van der Waals surface area contributed by atoms with Crippen molar-refractivity contribution < 1.29 is 17.9 Å². The van der Waals surface area contributed by atoms with Gasteiger partial charge in [-0.15, -0.1) is 0 Å². The van der Waals surface area contributed by atoms with Gasteiger partial charge in [0.2, 0.25) is 10.0 Å². The third-order valence-corrected chi connectivity index (χ3v) is 4.17. The maximum atomic E-state index is 11.6. The fourth-order valence-electron chi connectivity index (χ4n) is 1.17. The van der Waals surface area contributed by atoms with Gasteiger partial charge in [0.25, 0.3) is 0 Å². The molecule has 0 amide bonds. The molecule has 0 aliphatic heterocycles. The van der Waals surface area contributed by atoms with Crippen LogP contribution in [0.1, 0.15) is 19.8 Å². The van der Waals surface area contributed by atoms with E-state index in [0.29, 0.717) is 19.1 Å². The number of carbonyl (C=O) groups excluding carboxylic acids is 1. The van der Waals surface area contributed by atoms with Crippen molar-refractivity contribution in [3.8, 4) is 0 Å². The van der Waals surface area contributed by atoms with Crippen LogP contribution < -0.4 is 10.0 Å². The summed E-state index contributed by atoms with van der Waals surface area (Å²) in [5.74, 6) is -0.748. The summed E-state index contributed by atoms with van der Waals surface area (Å²) in [5, 5.41) is 2.00. The predicted octanol–water partition coefficient (Wildman–Crippen LogP) is -0.781. The van der Waals surface area contributed by atoms with E-state index in [1.54, 1.807) is 0 Å². The molecule has 1 saturated carbocycles. The molecule has 1 unspecified atom stereocenters. The molecule has 0 radical (unpaired) electrons. The van der Waals surface area contributed by atoms with E-state index in [4.69, 9.17) is 0 Å². The zero-order valence-corrected chi connectivity index (χ0v) is 10.3. The lowest BCUT2D eigenvalue weighted by molar-refractivity contribution is -0.139. The smallest absolute Gasteiger partial charge is 0.325 e. The third kappa shape index (κ3) is 4.07. The van der Waals surface area contributed by atoms with Gasteiger partial charge in [0.15, 0.2) is 5.25 Å². The van der Waals surface area contributed by atoms with Crippen molar-refractivity contribution in [3.05, 3.63) is 0 Å². The van der Waals surface area contributed by atoms with Crippen LogP contribution in [0.2, 0.25) is 0 Å². The van der Waals surface area contributed by atoms with E-state index in [1.807, 2.05) is 0 Å². The summed E-state index contributed by atoms with van der Waals surface area (Å²) in [5.41, 5.74) is 0. The van der Waals surface area contributed by atoms with Gasteiger partial charge in [-0.25, -0.2) is 13.1 Å². The number of carbonyl (C=O) groups is 1. The van der Waals surface area contributed by atoms with Gasteiger partial charge in [0.1, 0.15) is 0 Å². The minimum Gasteiger partial charge on any atom is -0.468 e. The van der Waals surface area contributed by atoms with Crippen LogP contribution >= 0.6 is 0 Å². The van der Waals surface area contributed by atoms with Gasteiger partial charge >= 0.3 is 5.97 Å². The van der Waals surface area contributed by atoms with E-state index in [0.717, 1.165) is 12.8 Å². The van der Waals surface area contributed by atoms with E-state index in [9.17, 15) is 13.2 Å². The minimum atomic E-state index is -3.61. The molecule has 0 bridgehead atoms. The minimum absolute atomic E-state index is 0.292. The fraction of sp³-hybridized carbons (Fsp3) is 0.889. The monoisotopic (exact) mass is 250 g/mol. The maximum Gasteiger partial charge on any atom is 0.325 e. The Balaban J connectivity index is 2.28. The van der Waals surface area contributed by atoms with Crippen LogP contribution in [-0.4, -0.2) is 45.9 Å². The number of hydrogen-bond acceptors (Lipinski definition) is 5. The molecule has 0 aromatic rings. The second-order valence-corrected chi connectivity index (χ2v) is 5.92. The molecule has 94 valence electrons. The molecule has 1 aliphatic rings. The summed E-state index contributed by atoms with van der Waals surface area (Å²) < 4.78 is 29.8. The van der Waals surface area contributed by atoms with Gasteiger partial charge in [-0.3, -0.25) is 4.79 Å². The lowest BCUT2D eigenvalue weighted by atomic mass is 10.5. The van der Waals surface area contributed by atoms with Crippen molar-refractivity contribution in [2.75, 3.05) is 20.2 Å². The van der Waals surface area contributed by atoms with E-state index in [-0.39, 0.29) is 0 Å². The highest BCUT2D eigenvalue weighted by Gasteiger charge is 2.28. The van der Waals surface area contributed by atoms with Crippen LogP contribution in [-0.2, 0) is 19.6 Å². The van der Waals surface area contributed by atoms with Crippen LogP contribution in [0.3, 0.4) is 0 Å². The van der Waals surface area contributed by atoms with Gasteiger partial charge < -0.3 is 10.1 Å². The van der Waals surface area contributed by atoms with Crippen molar-refractivity contribution in [2.45, 2.75) is 31.1 Å². The number of methoxy groups -OCH3 is 1. The first-order chi connectivity index (χ1) is 7.47. The lowest BCUT2D eigenvalue weighted by Crippen LogP contribution is -2.41. The van der Waals surface area contributed by atoms with Crippen molar-refractivity contribution in [1.82, 2.24) is 10.0 Å². The fourth-order valence-corrected chi connectivity index (χ4v) is 2.16. The van der Waals surface area contributed by atoms with Gasteiger partial charge in [-0.05, 0) is 19.8 Å². The van der Waals surface area contributed by atoms with Crippen molar-refractivity contribution in [2.24, 2.45) is 0 Å². The van der Waals surface area contributed by atoms with Crippen molar-refractivity contribution in [3.63, 3.8) is 0 Å². The Kier molecular flexibility index (Phi) is 4.69. The molecule has 6 nitrogen and oxygen atoms in total. The first-order valence-electron chi connectivity index (χ1n) is 5.27. The van der Waals surface area contributed by atoms with E-state index in [1.165, 1.54) is 14.0 Å². The molecule has 1 rings (SSSR count). The summed E-state index contributed by atoms with van der Waals surface area (Å²) in [6.45, 7) is 2.18. The zero-order valence-electron chi connectivity index (χ0n) is 9.52. The third-order valence-electron chi connectivity index (χ3n) is 2.44.